The highest BCUT2D eigenvalue weighted by Crippen LogP contribution is 2.32. The summed E-state index contributed by atoms with van der Waals surface area (Å²) in [6.45, 7) is 6.82. The van der Waals surface area contributed by atoms with Gasteiger partial charge in [-0.15, -0.1) is 0 Å². The van der Waals surface area contributed by atoms with Gasteiger partial charge in [0, 0.05) is 37.3 Å². The van der Waals surface area contributed by atoms with E-state index in [1.165, 1.54) is 6.07 Å². The molecule has 0 saturated heterocycles. The largest absolute Gasteiger partial charge is 0.478 e. The molecule has 9 heteroatoms. The monoisotopic (exact) mass is 656 g/mol. The summed E-state index contributed by atoms with van der Waals surface area (Å²) in [7, 11) is 1.62. The number of aromatic nitrogens is 3. The summed E-state index contributed by atoms with van der Waals surface area (Å²) in [5, 5.41) is 19.0. The van der Waals surface area contributed by atoms with Gasteiger partial charge in [0.2, 0.25) is 5.88 Å². The number of fused-ring (bicyclic) bond motifs is 1. The lowest BCUT2D eigenvalue weighted by Gasteiger charge is -2.15. The highest BCUT2D eigenvalue weighted by Gasteiger charge is 2.17. The number of aromatic carboxylic acids is 1. The fourth-order valence-corrected chi connectivity index (χ4v) is 5.50. The molecule has 0 aliphatic rings. The number of imidazole rings is 1. The fourth-order valence-electron chi connectivity index (χ4n) is 5.50. The number of carboxylic acids is 1. The zero-order valence-electron chi connectivity index (χ0n) is 27.9. The van der Waals surface area contributed by atoms with Crippen molar-refractivity contribution in [2.75, 3.05) is 13.7 Å². The summed E-state index contributed by atoms with van der Waals surface area (Å²) < 4.78 is 27.6. The number of benzene rings is 4. The minimum absolute atomic E-state index is 0.0516. The molecule has 6 aromatic rings. The third-order valence-electron chi connectivity index (χ3n) is 7.98. The topological polar surface area (TPSA) is 110 Å². The van der Waals surface area contributed by atoms with E-state index in [1.807, 2.05) is 73.9 Å². The highest BCUT2D eigenvalue weighted by atomic mass is 19.1. The first-order chi connectivity index (χ1) is 23.8. The number of rotatable bonds is 11. The van der Waals surface area contributed by atoms with Crippen LogP contribution in [0.5, 0.6) is 5.88 Å². The number of nitrogens with zero attached hydrogens (tertiary/aromatic N) is 4. The standard InChI is InChI=1S/C38H31FN4O4.C2H6/c1-24-6-9-30(32(39)18-24)23-47-37-5-3-4-33(42-37)28-13-12-27(31(19-28)26-10-7-25(22-40)8-11-26)21-36-41-34-15-14-29(38(44)45)20-35(34)43(36)16-17-46-2;1-2/h3-15,18-20H,16-17,21,23H2,1-2H3,(H,44,45);1-2H3. The van der Waals surface area contributed by atoms with E-state index in [2.05, 4.69) is 6.07 Å². The van der Waals surface area contributed by atoms with E-state index in [0.717, 1.165) is 39.2 Å². The number of hydrogen-bond donors (Lipinski definition) is 1. The molecule has 0 atom stereocenters. The molecule has 0 bridgehead atoms. The molecule has 8 nitrogen and oxygen atoms in total. The normalized spacial score (nSPS) is 10.7. The van der Waals surface area contributed by atoms with Crippen LogP contribution in [0.15, 0.2) is 97.1 Å². The lowest BCUT2D eigenvalue weighted by atomic mass is 9.93. The first-order valence-electron chi connectivity index (χ1n) is 16.0. The van der Waals surface area contributed by atoms with Gasteiger partial charge >= 0.3 is 5.97 Å². The van der Waals surface area contributed by atoms with Crippen molar-refractivity contribution in [1.29, 1.82) is 5.26 Å². The average Bonchev–Trinajstić information content (AvgIpc) is 3.47. The van der Waals surface area contributed by atoms with Gasteiger partial charge in [-0.2, -0.15) is 5.26 Å². The van der Waals surface area contributed by atoms with Crippen molar-refractivity contribution in [2.24, 2.45) is 0 Å². The van der Waals surface area contributed by atoms with Crippen LogP contribution in [0.1, 0.15) is 52.3 Å². The molecule has 6 rings (SSSR count). The van der Waals surface area contributed by atoms with Gasteiger partial charge in [-0.3, -0.25) is 0 Å². The van der Waals surface area contributed by atoms with E-state index in [-0.39, 0.29) is 18.0 Å². The van der Waals surface area contributed by atoms with Crippen molar-refractivity contribution in [3.63, 3.8) is 0 Å². The van der Waals surface area contributed by atoms with Crippen LogP contribution >= 0.6 is 0 Å². The van der Waals surface area contributed by atoms with E-state index < -0.39 is 5.97 Å². The second kappa shape index (κ2) is 15.8. The first kappa shape index (κ1) is 34.5. The highest BCUT2D eigenvalue weighted by molar-refractivity contribution is 5.92. The lowest BCUT2D eigenvalue weighted by Crippen LogP contribution is -2.10. The summed E-state index contributed by atoms with van der Waals surface area (Å²) in [5.41, 5.74) is 7.80. The van der Waals surface area contributed by atoms with Crippen molar-refractivity contribution in [3.8, 4) is 34.3 Å². The summed E-state index contributed by atoms with van der Waals surface area (Å²) >= 11 is 0. The number of ether oxygens (including phenoxy) is 2. The minimum Gasteiger partial charge on any atom is -0.478 e. The molecule has 0 aliphatic heterocycles. The SMILES string of the molecule is CC.COCCn1c(Cc2ccc(-c3cccc(OCc4ccc(C)cc4F)n3)cc2-c2ccc(C#N)cc2)nc2ccc(C(=O)O)cc21. The molecule has 0 aliphatic carbocycles. The Morgan fingerprint density at radius 1 is 0.918 bits per heavy atom. The maximum Gasteiger partial charge on any atom is 0.335 e. The molecule has 2 heterocycles. The molecule has 0 spiro atoms. The zero-order chi connectivity index (χ0) is 34.9. The lowest BCUT2D eigenvalue weighted by molar-refractivity contribution is 0.0697. The van der Waals surface area contributed by atoms with Crippen LogP contribution < -0.4 is 4.74 Å². The van der Waals surface area contributed by atoms with Crippen molar-refractivity contribution in [1.82, 2.24) is 14.5 Å². The molecule has 49 heavy (non-hydrogen) atoms. The Labute approximate surface area is 285 Å². The summed E-state index contributed by atoms with van der Waals surface area (Å²) in [4.78, 5) is 21.3. The zero-order valence-corrected chi connectivity index (χ0v) is 27.9. The van der Waals surface area contributed by atoms with Gasteiger partial charge in [-0.05, 0) is 77.7 Å². The van der Waals surface area contributed by atoms with Crippen molar-refractivity contribution in [2.45, 2.75) is 40.3 Å². The molecule has 1 N–H and O–H groups in total. The molecule has 0 radical (unpaired) electrons. The van der Waals surface area contributed by atoms with Gasteiger partial charge in [0.1, 0.15) is 18.2 Å². The van der Waals surface area contributed by atoms with Gasteiger partial charge in [-0.25, -0.2) is 19.2 Å². The van der Waals surface area contributed by atoms with E-state index >= 15 is 0 Å². The Kier molecular flexibility index (Phi) is 11.1. The van der Waals surface area contributed by atoms with Crippen LogP contribution in [0, 0.1) is 24.1 Å². The predicted molar refractivity (Wildman–Crippen MR) is 188 cm³/mol. The van der Waals surface area contributed by atoms with Crippen molar-refractivity contribution >= 4 is 17.0 Å². The van der Waals surface area contributed by atoms with Gasteiger partial charge < -0.3 is 19.1 Å². The number of carbonyl (C=O) groups is 1. The Bertz CT molecular complexity index is 2130. The predicted octanol–water partition coefficient (Wildman–Crippen LogP) is 8.63. The number of pyridine rings is 1. The van der Waals surface area contributed by atoms with Gasteiger partial charge in [0.05, 0.1) is 40.5 Å². The van der Waals surface area contributed by atoms with Crippen LogP contribution in [0.3, 0.4) is 0 Å². The average molecular weight is 657 g/mol. The molecule has 0 saturated carbocycles. The Balaban J connectivity index is 0.00000230. The van der Waals surface area contributed by atoms with Crippen LogP contribution in [0.2, 0.25) is 0 Å². The maximum atomic E-state index is 14.4. The third-order valence-corrected chi connectivity index (χ3v) is 7.98. The molecule has 0 amide bonds. The molecular formula is C40H37FN4O4. The van der Waals surface area contributed by atoms with E-state index in [0.29, 0.717) is 47.8 Å². The number of carboxylic acid groups (broad SMARTS) is 1. The third kappa shape index (κ3) is 8.00. The van der Waals surface area contributed by atoms with Crippen molar-refractivity contribution < 1.29 is 23.8 Å². The quantitative estimate of drug-likeness (QED) is 0.149. The van der Waals surface area contributed by atoms with E-state index in [4.69, 9.17) is 19.4 Å². The second-order valence-corrected chi connectivity index (χ2v) is 11.2. The van der Waals surface area contributed by atoms with E-state index in [9.17, 15) is 19.6 Å². The number of hydrogen-bond acceptors (Lipinski definition) is 6. The molecule has 0 fully saturated rings. The van der Waals surface area contributed by atoms with Gasteiger partial charge in [-0.1, -0.05) is 56.3 Å². The minimum atomic E-state index is -1.00. The molecular weight excluding hydrogens is 619 g/mol. The Hall–Kier alpha value is -5.85. The number of methoxy groups -OCH3 is 1. The number of halogens is 1. The first-order valence-corrected chi connectivity index (χ1v) is 16.0. The molecule has 4 aromatic carbocycles. The van der Waals surface area contributed by atoms with Crippen LogP contribution in [0.25, 0.3) is 33.4 Å². The molecule has 2 aromatic heterocycles. The fraction of sp³-hybridized carbons (Fsp3) is 0.200. The number of nitriles is 1. The maximum absolute atomic E-state index is 14.4. The smallest absolute Gasteiger partial charge is 0.335 e. The van der Waals surface area contributed by atoms with Crippen molar-refractivity contribution in [3.05, 3.63) is 137 Å². The summed E-state index contributed by atoms with van der Waals surface area (Å²) in [6, 6.07) is 31.1. The Morgan fingerprint density at radius 2 is 1.67 bits per heavy atom. The molecule has 0 unspecified atom stereocenters. The second-order valence-electron chi connectivity index (χ2n) is 11.2. The molecule has 248 valence electrons. The Morgan fingerprint density at radius 3 is 2.39 bits per heavy atom. The van der Waals surface area contributed by atoms with Crippen LogP contribution in [0.4, 0.5) is 4.39 Å². The number of aryl methyl sites for hydroxylation is 1. The van der Waals surface area contributed by atoms with Gasteiger partial charge in [0.15, 0.2) is 0 Å². The summed E-state index contributed by atoms with van der Waals surface area (Å²) in [6.07, 6.45) is 0.453. The van der Waals surface area contributed by atoms with Gasteiger partial charge in [0.25, 0.3) is 0 Å². The van der Waals surface area contributed by atoms with Crippen LogP contribution in [-0.2, 0) is 24.3 Å². The van der Waals surface area contributed by atoms with E-state index in [1.54, 1.807) is 49.6 Å². The summed E-state index contributed by atoms with van der Waals surface area (Å²) in [5.74, 6) is -0.183. The van der Waals surface area contributed by atoms with Crippen LogP contribution in [-0.4, -0.2) is 39.3 Å².